The fourth-order valence-electron chi connectivity index (χ4n) is 8.21. The molecular weight excluding hydrogens is 625 g/mol. The van der Waals surface area contributed by atoms with Crippen molar-refractivity contribution in [1.82, 2.24) is 0 Å². The van der Waals surface area contributed by atoms with Gasteiger partial charge >= 0.3 is 0 Å². The van der Waals surface area contributed by atoms with Crippen molar-refractivity contribution < 1.29 is 0 Å². The minimum absolute atomic E-state index is 1.20. The van der Waals surface area contributed by atoms with Crippen LogP contribution in [0.15, 0.2) is 206 Å². The lowest BCUT2D eigenvalue weighted by Crippen LogP contribution is -1.93. The zero-order valence-electron chi connectivity index (χ0n) is 28.6. The van der Waals surface area contributed by atoms with E-state index in [2.05, 4.69) is 206 Å². The number of hydrogen-bond donors (Lipinski definition) is 0. The van der Waals surface area contributed by atoms with Crippen molar-refractivity contribution in [2.24, 2.45) is 0 Å². The van der Waals surface area contributed by atoms with E-state index in [1.165, 1.54) is 98.7 Å². The number of benzene rings is 10. The van der Waals surface area contributed by atoms with Gasteiger partial charge in [0.25, 0.3) is 0 Å². The van der Waals surface area contributed by atoms with Crippen LogP contribution >= 0.6 is 0 Å². The second-order valence-corrected chi connectivity index (χ2v) is 13.6. The third-order valence-electron chi connectivity index (χ3n) is 10.7. The lowest BCUT2D eigenvalue weighted by molar-refractivity contribution is 1.60. The summed E-state index contributed by atoms with van der Waals surface area (Å²) in [5.41, 5.74) is 12.4. The molecule has 0 heterocycles. The molecule has 0 nitrogen and oxygen atoms in total. The van der Waals surface area contributed by atoms with Crippen LogP contribution in [0.4, 0.5) is 0 Å². The molecule has 0 radical (unpaired) electrons. The van der Waals surface area contributed by atoms with Gasteiger partial charge in [-0.25, -0.2) is 0 Å². The van der Waals surface area contributed by atoms with Gasteiger partial charge < -0.3 is 0 Å². The molecule has 10 aromatic carbocycles. The smallest absolute Gasteiger partial charge is 0.00201 e. The molecule has 0 aromatic heterocycles. The third kappa shape index (κ3) is 5.08. The maximum atomic E-state index is 2.42. The van der Waals surface area contributed by atoms with E-state index < -0.39 is 0 Å². The highest BCUT2D eigenvalue weighted by Gasteiger charge is 2.19. The van der Waals surface area contributed by atoms with Crippen LogP contribution in [0.25, 0.3) is 98.7 Å². The largest absolute Gasteiger partial charge is 0.0622 e. The van der Waals surface area contributed by atoms with Crippen molar-refractivity contribution in [1.29, 1.82) is 0 Å². The zero-order valence-corrected chi connectivity index (χ0v) is 28.6. The van der Waals surface area contributed by atoms with Gasteiger partial charge in [-0.05, 0) is 111 Å². The van der Waals surface area contributed by atoms with Crippen LogP contribution in [0.2, 0.25) is 0 Å². The maximum Gasteiger partial charge on any atom is -0.00201 e. The van der Waals surface area contributed by atoms with Gasteiger partial charge in [0.15, 0.2) is 0 Å². The summed E-state index contributed by atoms with van der Waals surface area (Å²) in [7, 11) is 0. The lowest BCUT2D eigenvalue weighted by Gasteiger charge is -2.20. The Hall–Kier alpha value is -6.76. The Morgan fingerprint density at radius 3 is 1.37 bits per heavy atom. The predicted molar refractivity (Wildman–Crippen MR) is 224 cm³/mol. The molecule has 0 N–H and O–H groups in total. The fraction of sp³-hybridized carbons (Fsp3) is 0. The molecule has 0 aliphatic rings. The molecule has 0 heteroatoms. The Balaban J connectivity index is 1.23. The molecule has 10 rings (SSSR count). The van der Waals surface area contributed by atoms with Gasteiger partial charge in [-0.3, -0.25) is 0 Å². The standard InChI is InChI=1S/C52H34/c1-2-13-35(14-3-1)40-19-10-20-42(33-40)51-47-23-8-9-24-48(47)52(46-26-12-18-38-16-5-7-22-45(38)46)49-32-31-41(34-50(49)51)36-27-29-39(30-28-36)44-25-11-17-37-15-4-6-21-43(37)44/h1-34H. The van der Waals surface area contributed by atoms with Crippen molar-refractivity contribution >= 4 is 43.1 Å². The second kappa shape index (κ2) is 12.5. The Kier molecular flexibility index (Phi) is 7.25. The van der Waals surface area contributed by atoms with Crippen LogP contribution in [-0.2, 0) is 0 Å². The Morgan fingerprint density at radius 2 is 0.635 bits per heavy atom. The molecular formula is C52H34. The van der Waals surface area contributed by atoms with Gasteiger partial charge in [0, 0.05) is 0 Å². The Labute approximate surface area is 303 Å². The maximum absolute atomic E-state index is 2.42. The molecule has 0 unspecified atom stereocenters. The van der Waals surface area contributed by atoms with Crippen molar-refractivity contribution in [3.8, 4) is 55.6 Å². The molecule has 242 valence electrons. The lowest BCUT2D eigenvalue weighted by atomic mass is 9.83. The van der Waals surface area contributed by atoms with Gasteiger partial charge in [0.2, 0.25) is 0 Å². The quantitative estimate of drug-likeness (QED) is 0.161. The van der Waals surface area contributed by atoms with E-state index in [1.807, 2.05) is 0 Å². The first-order chi connectivity index (χ1) is 25.8. The summed E-state index contributed by atoms with van der Waals surface area (Å²) >= 11 is 0. The summed E-state index contributed by atoms with van der Waals surface area (Å²) in [6.07, 6.45) is 0. The Morgan fingerprint density at radius 1 is 0.192 bits per heavy atom. The number of hydrogen-bond acceptors (Lipinski definition) is 0. The van der Waals surface area contributed by atoms with Crippen LogP contribution in [0.5, 0.6) is 0 Å². The van der Waals surface area contributed by atoms with Crippen LogP contribution in [0.1, 0.15) is 0 Å². The van der Waals surface area contributed by atoms with Crippen LogP contribution < -0.4 is 0 Å². The van der Waals surface area contributed by atoms with Gasteiger partial charge in [-0.15, -0.1) is 0 Å². The van der Waals surface area contributed by atoms with Crippen LogP contribution in [0, 0.1) is 0 Å². The van der Waals surface area contributed by atoms with Crippen molar-refractivity contribution in [2.75, 3.05) is 0 Å². The summed E-state index contributed by atoms with van der Waals surface area (Å²) < 4.78 is 0. The second-order valence-electron chi connectivity index (χ2n) is 13.6. The predicted octanol–water partition coefficient (Wildman–Crippen LogP) is 14.6. The van der Waals surface area contributed by atoms with E-state index >= 15 is 0 Å². The summed E-state index contributed by atoms with van der Waals surface area (Å²) in [6.45, 7) is 0. The molecule has 0 aliphatic heterocycles. The fourth-order valence-corrected chi connectivity index (χ4v) is 8.21. The monoisotopic (exact) mass is 658 g/mol. The summed E-state index contributed by atoms with van der Waals surface area (Å²) in [5.74, 6) is 0. The van der Waals surface area contributed by atoms with E-state index in [4.69, 9.17) is 0 Å². The van der Waals surface area contributed by atoms with Crippen molar-refractivity contribution in [3.05, 3.63) is 206 Å². The minimum Gasteiger partial charge on any atom is -0.0622 e. The molecule has 0 saturated heterocycles. The normalized spacial score (nSPS) is 11.5. The zero-order chi connectivity index (χ0) is 34.4. The Bertz CT molecular complexity index is 2920. The first-order valence-electron chi connectivity index (χ1n) is 18.0. The number of rotatable bonds is 5. The molecule has 0 spiro atoms. The van der Waals surface area contributed by atoms with E-state index in [0.29, 0.717) is 0 Å². The average Bonchev–Trinajstić information content (AvgIpc) is 3.22. The van der Waals surface area contributed by atoms with Gasteiger partial charge in [-0.2, -0.15) is 0 Å². The molecule has 0 aliphatic carbocycles. The summed E-state index contributed by atoms with van der Waals surface area (Å²) in [4.78, 5) is 0. The van der Waals surface area contributed by atoms with Crippen LogP contribution in [-0.4, -0.2) is 0 Å². The van der Waals surface area contributed by atoms with E-state index in [1.54, 1.807) is 0 Å². The molecule has 0 saturated carbocycles. The SMILES string of the molecule is c1ccc(-c2cccc(-c3c4ccccc4c(-c4cccc5ccccc45)c4ccc(-c5ccc(-c6cccc7ccccc67)cc5)cc34)c2)cc1. The summed E-state index contributed by atoms with van der Waals surface area (Å²) in [5, 5.41) is 10.1. The molecule has 0 amide bonds. The van der Waals surface area contributed by atoms with Gasteiger partial charge in [0.1, 0.15) is 0 Å². The number of fused-ring (bicyclic) bond motifs is 4. The summed E-state index contributed by atoms with van der Waals surface area (Å²) in [6, 6.07) is 75.6. The van der Waals surface area contributed by atoms with Crippen molar-refractivity contribution in [2.45, 2.75) is 0 Å². The molecule has 0 fully saturated rings. The highest BCUT2D eigenvalue weighted by Crippen LogP contribution is 2.47. The van der Waals surface area contributed by atoms with Gasteiger partial charge in [0.05, 0.1) is 0 Å². The highest BCUT2D eigenvalue weighted by molar-refractivity contribution is 6.24. The average molecular weight is 659 g/mol. The molecule has 0 bridgehead atoms. The van der Waals surface area contributed by atoms with Crippen molar-refractivity contribution in [3.63, 3.8) is 0 Å². The van der Waals surface area contributed by atoms with Gasteiger partial charge in [-0.1, -0.05) is 194 Å². The van der Waals surface area contributed by atoms with Crippen LogP contribution in [0.3, 0.4) is 0 Å². The third-order valence-corrected chi connectivity index (χ3v) is 10.7. The molecule has 0 atom stereocenters. The topological polar surface area (TPSA) is 0 Å². The highest BCUT2D eigenvalue weighted by atomic mass is 14.2. The van der Waals surface area contributed by atoms with E-state index in [9.17, 15) is 0 Å². The molecule has 10 aromatic rings. The molecule has 52 heavy (non-hydrogen) atoms. The first kappa shape index (κ1) is 30.1. The minimum atomic E-state index is 1.20. The van der Waals surface area contributed by atoms with E-state index in [-0.39, 0.29) is 0 Å². The van der Waals surface area contributed by atoms with E-state index in [0.717, 1.165) is 0 Å². The first-order valence-corrected chi connectivity index (χ1v) is 18.0.